The number of benzene rings is 2. The van der Waals surface area contributed by atoms with E-state index in [1.165, 1.54) is 23.5 Å². The van der Waals surface area contributed by atoms with Crippen molar-refractivity contribution in [1.29, 1.82) is 0 Å². The van der Waals surface area contributed by atoms with Crippen molar-refractivity contribution in [2.24, 2.45) is 0 Å². The second kappa shape index (κ2) is 10.4. The molecule has 11 heteroatoms. The maximum absolute atomic E-state index is 13.3. The number of hydrogen-bond acceptors (Lipinski definition) is 7. The molecule has 1 heterocycles. The predicted octanol–water partition coefficient (Wildman–Crippen LogP) is 4.84. The number of sulfonamides is 1. The summed E-state index contributed by atoms with van der Waals surface area (Å²) in [5, 5.41) is 11.4. The number of carbonyl (C=O) groups excluding carboxylic acids is 1. The van der Waals surface area contributed by atoms with Gasteiger partial charge in [0.25, 0.3) is 10.0 Å². The highest BCUT2D eigenvalue weighted by atomic mass is 35.5. The molecule has 1 N–H and O–H groups in total. The minimum Gasteiger partial charge on any atom is -0.299 e. The van der Waals surface area contributed by atoms with E-state index < -0.39 is 22.5 Å². The van der Waals surface area contributed by atoms with Crippen molar-refractivity contribution in [2.45, 2.75) is 29.5 Å². The lowest BCUT2D eigenvalue weighted by Gasteiger charge is -2.24. The highest BCUT2D eigenvalue weighted by molar-refractivity contribution is 8.01. The Morgan fingerprint density at radius 3 is 2.45 bits per heavy atom. The van der Waals surface area contributed by atoms with Crippen molar-refractivity contribution in [2.75, 3.05) is 21.9 Å². The van der Waals surface area contributed by atoms with Crippen LogP contribution >= 0.6 is 34.7 Å². The summed E-state index contributed by atoms with van der Waals surface area (Å²) in [7, 11) is -3.99. The summed E-state index contributed by atoms with van der Waals surface area (Å²) >= 11 is 8.77. The molecule has 3 rings (SSSR count). The summed E-state index contributed by atoms with van der Waals surface area (Å²) < 4.78 is 28.4. The fourth-order valence-electron chi connectivity index (χ4n) is 2.56. The molecule has 0 spiro atoms. The molecule has 0 radical (unpaired) electrons. The molecule has 3 aromatic rings. The number of thioether (sulfide) groups is 1. The van der Waals surface area contributed by atoms with Crippen LogP contribution in [0.2, 0.25) is 5.02 Å². The fraction of sp³-hybridized carbons (Fsp3) is 0.250. The van der Waals surface area contributed by atoms with Crippen molar-refractivity contribution in [3.05, 3.63) is 59.1 Å². The molecule has 0 aliphatic heterocycles. The number of hydrogen-bond donors (Lipinski definition) is 1. The molecule has 0 aliphatic carbocycles. The van der Waals surface area contributed by atoms with Gasteiger partial charge in [0, 0.05) is 10.8 Å². The van der Waals surface area contributed by atoms with Crippen LogP contribution in [0.15, 0.2) is 57.8 Å². The first kappa shape index (κ1) is 23.5. The van der Waals surface area contributed by atoms with Gasteiger partial charge in [-0.1, -0.05) is 59.3 Å². The molecule has 0 aliphatic rings. The first-order valence-electron chi connectivity index (χ1n) is 9.40. The predicted molar refractivity (Wildman–Crippen MR) is 127 cm³/mol. The lowest BCUT2D eigenvalue weighted by molar-refractivity contribution is -0.114. The molecule has 0 bridgehead atoms. The van der Waals surface area contributed by atoms with Gasteiger partial charge >= 0.3 is 0 Å². The second-order valence-corrected chi connectivity index (χ2v) is 11.2. The summed E-state index contributed by atoms with van der Waals surface area (Å²) in [4.78, 5) is 12.8. The number of aryl methyl sites for hydroxylation is 1. The van der Waals surface area contributed by atoms with E-state index in [0.717, 1.165) is 26.4 Å². The van der Waals surface area contributed by atoms with Gasteiger partial charge in [-0.3, -0.25) is 14.4 Å². The number of halogens is 1. The van der Waals surface area contributed by atoms with Gasteiger partial charge in [-0.25, -0.2) is 8.42 Å². The molecule has 0 saturated heterocycles. The molecule has 0 atom stereocenters. The Bertz CT molecular complexity index is 1130. The van der Waals surface area contributed by atoms with Crippen LogP contribution in [-0.4, -0.2) is 36.8 Å². The summed E-state index contributed by atoms with van der Waals surface area (Å²) in [6.45, 7) is 3.52. The third kappa shape index (κ3) is 6.19. The van der Waals surface area contributed by atoms with Gasteiger partial charge in [-0.2, -0.15) is 0 Å². The van der Waals surface area contributed by atoms with Gasteiger partial charge in [0.1, 0.15) is 6.54 Å². The van der Waals surface area contributed by atoms with Gasteiger partial charge in [-0.15, -0.1) is 10.2 Å². The first-order valence-corrected chi connectivity index (χ1v) is 13.0. The SMILES string of the molecule is CCCSc1nnc(NC(=O)CN(c2ccc(Cl)cc2)S(=O)(=O)c2ccc(C)cc2)s1. The minimum atomic E-state index is -3.99. The van der Waals surface area contributed by atoms with E-state index in [-0.39, 0.29) is 4.90 Å². The normalized spacial score (nSPS) is 11.3. The van der Waals surface area contributed by atoms with Crippen LogP contribution in [0.1, 0.15) is 18.9 Å². The van der Waals surface area contributed by atoms with Gasteiger partial charge in [-0.05, 0) is 49.7 Å². The number of carbonyl (C=O) groups is 1. The van der Waals surface area contributed by atoms with Gasteiger partial charge in [0.15, 0.2) is 4.34 Å². The van der Waals surface area contributed by atoms with Crippen molar-refractivity contribution >= 4 is 61.4 Å². The van der Waals surface area contributed by atoms with E-state index in [1.807, 2.05) is 6.92 Å². The van der Waals surface area contributed by atoms with E-state index in [0.29, 0.717) is 15.8 Å². The van der Waals surface area contributed by atoms with Crippen LogP contribution < -0.4 is 9.62 Å². The van der Waals surface area contributed by atoms with Crippen molar-refractivity contribution < 1.29 is 13.2 Å². The number of rotatable bonds is 9. The third-order valence-electron chi connectivity index (χ3n) is 4.09. The monoisotopic (exact) mass is 496 g/mol. The zero-order valence-corrected chi connectivity index (χ0v) is 20.1. The molecule has 2 aromatic carbocycles. The highest BCUT2D eigenvalue weighted by Gasteiger charge is 2.27. The molecule has 164 valence electrons. The maximum atomic E-state index is 13.3. The smallest absolute Gasteiger partial charge is 0.264 e. The van der Waals surface area contributed by atoms with Crippen LogP contribution in [0.5, 0.6) is 0 Å². The lowest BCUT2D eigenvalue weighted by Crippen LogP contribution is -2.38. The Morgan fingerprint density at radius 2 is 1.81 bits per heavy atom. The molecule has 0 fully saturated rings. The molecule has 0 saturated carbocycles. The van der Waals surface area contributed by atoms with Crippen molar-refractivity contribution in [3.8, 4) is 0 Å². The van der Waals surface area contributed by atoms with Gasteiger partial charge in [0.05, 0.1) is 10.6 Å². The summed E-state index contributed by atoms with van der Waals surface area (Å²) in [5.41, 5.74) is 1.26. The Kier molecular flexibility index (Phi) is 7.93. The van der Waals surface area contributed by atoms with E-state index in [9.17, 15) is 13.2 Å². The second-order valence-electron chi connectivity index (χ2n) is 6.57. The number of amides is 1. The van der Waals surface area contributed by atoms with Crippen LogP contribution in [0.4, 0.5) is 10.8 Å². The average Bonchev–Trinajstić information content (AvgIpc) is 3.18. The quantitative estimate of drug-likeness (QED) is 0.336. The van der Waals surface area contributed by atoms with Crippen LogP contribution in [0, 0.1) is 6.92 Å². The topological polar surface area (TPSA) is 92.3 Å². The Labute approximate surface area is 194 Å². The van der Waals surface area contributed by atoms with Crippen molar-refractivity contribution in [1.82, 2.24) is 10.2 Å². The molecule has 1 aromatic heterocycles. The van der Waals surface area contributed by atoms with Crippen LogP contribution in [-0.2, 0) is 14.8 Å². The highest BCUT2D eigenvalue weighted by Crippen LogP contribution is 2.27. The molecule has 1 amide bonds. The maximum Gasteiger partial charge on any atom is 0.264 e. The number of nitrogens with zero attached hydrogens (tertiary/aromatic N) is 3. The van der Waals surface area contributed by atoms with Gasteiger partial charge < -0.3 is 0 Å². The third-order valence-corrected chi connectivity index (χ3v) is 8.31. The van der Waals surface area contributed by atoms with E-state index in [1.54, 1.807) is 48.2 Å². The number of nitrogens with one attached hydrogen (secondary N) is 1. The van der Waals surface area contributed by atoms with E-state index in [2.05, 4.69) is 22.4 Å². The number of anilines is 2. The molecular weight excluding hydrogens is 476 g/mol. The lowest BCUT2D eigenvalue weighted by atomic mass is 10.2. The average molecular weight is 497 g/mol. The van der Waals surface area contributed by atoms with E-state index >= 15 is 0 Å². The summed E-state index contributed by atoms with van der Waals surface area (Å²) in [5.74, 6) is 0.385. The van der Waals surface area contributed by atoms with Gasteiger partial charge in [0.2, 0.25) is 11.0 Å². The molecule has 0 unspecified atom stereocenters. The molecule has 7 nitrogen and oxygen atoms in total. The molecular formula is C20H21ClN4O3S3. The Hall–Kier alpha value is -2.14. The minimum absolute atomic E-state index is 0.0926. The zero-order valence-electron chi connectivity index (χ0n) is 16.9. The number of aromatic nitrogens is 2. The molecule has 31 heavy (non-hydrogen) atoms. The summed E-state index contributed by atoms with van der Waals surface area (Å²) in [6.07, 6.45) is 0.999. The van der Waals surface area contributed by atoms with Crippen molar-refractivity contribution in [3.63, 3.8) is 0 Å². The standard InChI is InChI=1S/C20H21ClN4O3S3/c1-3-12-29-20-24-23-19(30-20)22-18(26)13-25(16-8-6-15(21)7-9-16)31(27,28)17-10-4-14(2)5-11-17/h4-11H,3,12-13H2,1-2H3,(H,22,23,26). The van der Waals surface area contributed by atoms with Crippen LogP contribution in [0.3, 0.4) is 0 Å². The largest absolute Gasteiger partial charge is 0.299 e. The Morgan fingerprint density at radius 1 is 1.13 bits per heavy atom. The fourth-order valence-corrected chi connectivity index (χ4v) is 5.80. The first-order chi connectivity index (χ1) is 14.8. The zero-order chi connectivity index (χ0) is 22.4. The summed E-state index contributed by atoms with van der Waals surface area (Å²) in [6, 6.07) is 12.7. The Balaban J connectivity index is 1.84. The van der Waals surface area contributed by atoms with Crippen LogP contribution in [0.25, 0.3) is 0 Å². The van der Waals surface area contributed by atoms with E-state index in [4.69, 9.17) is 11.6 Å².